The number of hydrogen-bond donors (Lipinski definition) is 0. The minimum Gasteiger partial charge on any atom is -0.294 e. The molecule has 0 aliphatic carbocycles. The van der Waals surface area contributed by atoms with E-state index in [0.717, 1.165) is 19.1 Å². The number of rotatable bonds is 3. The summed E-state index contributed by atoms with van der Waals surface area (Å²) in [6, 6.07) is 9.48. The third-order valence-corrected chi connectivity index (χ3v) is 3.78. The number of carbonyl (C=O) groups excluding carboxylic acids is 2. The van der Waals surface area contributed by atoms with Crippen LogP contribution in [-0.4, -0.2) is 16.9 Å². The Kier molecular flexibility index (Phi) is 7.77. The smallest absolute Gasteiger partial charge is 0.294 e. The monoisotopic (exact) mass is 454 g/mol. The molecular weight excluding hydrogens is 442 g/mol. The summed E-state index contributed by atoms with van der Waals surface area (Å²) in [5.41, 5.74) is -2.33. The first kappa shape index (κ1) is 22.9. The number of benzene rings is 2. The highest BCUT2D eigenvalue weighted by Gasteiger charge is 2.34. The lowest BCUT2D eigenvalue weighted by Crippen LogP contribution is -2.13. The van der Waals surface area contributed by atoms with Gasteiger partial charge in [-0.3, -0.25) is 9.59 Å². The zero-order valence-corrected chi connectivity index (χ0v) is 15.4. The van der Waals surface area contributed by atoms with E-state index in [1.54, 1.807) is 0 Å². The number of ketones is 2. The Morgan fingerprint density at radius 1 is 0.778 bits per heavy atom. The van der Waals surface area contributed by atoms with Gasteiger partial charge in [0.25, 0.3) is 0 Å². The molecule has 0 unspecified atom stereocenters. The summed E-state index contributed by atoms with van der Waals surface area (Å²) in [6.07, 6.45) is -8.93. The zero-order valence-electron chi connectivity index (χ0n) is 13.8. The number of hydrogen-bond acceptors (Lipinski definition) is 2. The predicted molar refractivity (Wildman–Crippen MR) is 91.0 cm³/mol. The van der Waals surface area contributed by atoms with Crippen LogP contribution in [0.25, 0.3) is 0 Å². The van der Waals surface area contributed by atoms with Crippen LogP contribution >= 0.6 is 15.9 Å². The Labute approximate surface area is 159 Å². The topological polar surface area (TPSA) is 34.1 Å². The molecule has 0 fully saturated rings. The molecule has 0 heterocycles. The highest BCUT2D eigenvalue weighted by Crippen LogP contribution is 2.32. The number of Topliss-reactive ketones (excluding diaryl/α,β-unsaturated/α-hetero) is 2. The third kappa shape index (κ3) is 6.50. The fourth-order valence-electron chi connectivity index (χ4n) is 2.08. The van der Waals surface area contributed by atoms with Crippen LogP contribution in [0.15, 0.2) is 48.5 Å². The van der Waals surface area contributed by atoms with E-state index in [-0.39, 0.29) is 16.5 Å². The molecule has 146 valence electrons. The molecular formula is C18H13BrF6O2. The lowest BCUT2D eigenvalue weighted by Gasteiger charge is -2.10. The van der Waals surface area contributed by atoms with Crippen molar-refractivity contribution in [3.63, 3.8) is 0 Å². The molecule has 0 saturated carbocycles. The average molecular weight is 455 g/mol. The van der Waals surface area contributed by atoms with Crippen molar-refractivity contribution in [3.05, 3.63) is 70.8 Å². The summed E-state index contributed by atoms with van der Waals surface area (Å²) < 4.78 is 73.9. The first-order valence-electron chi connectivity index (χ1n) is 7.32. The van der Waals surface area contributed by atoms with E-state index in [9.17, 15) is 35.9 Å². The average Bonchev–Trinajstić information content (AvgIpc) is 2.60. The van der Waals surface area contributed by atoms with E-state index in [1.807, 2.05) is 0 Å². The van der Waals surface area contributed by atoms with Crippen LogP contribution in [0.3, 0.4) is 0 Å². The Bertz CT molecular complexity index is 812. The summed E-state index contributed by atoms with van der Waals surface area (Å²) in [7, 11) is 0. The van der Waals surface area contributed by atoms with Crippen molar-refractivity contribution >= 4 is 27.5 Å². The molecule has 2 aromatic carbocycles. The molecule has 0 bridgehead atoms. The molecule has 0 radical (unpaired) electrons. The van der Waals surface area contributed by atoms with Crippen LogP contribution in [0.2, 0.25) is 0 Å². The van der Waals surface area contributed by atoms with Crippen molar-refractivity contribution in [1.29, 1.82) is 0 Å². The minimum atomic E-state index is -4.48. The lowest BCUT2D eigenvalue weighted by molar-refractivity contribution is -0.138. The molecule has 0 spiro atoms. The van der Waals surface area contributed by atoms with Gasteiger partial charge < -0.3 is 0 Å². The van der Waals surface area contributed by atoms with Crippen LogP contribution in [0.4, 0.5) is 26.3 Å². The number of halogens is 7. The molecule has 0 saturated heterocycles. The van der Waals surface area contributed by atoms with Crippen molar-refractivity contribution in [2.24, 2.45) is 0 Å². The Balaban J connectivity index is 0.000000271. The van der Waals surface area contributed by atoms with E-state index >= 15 is 0 Å². The van der Waals surface area contributed by atoms with Crippen molar-refractivity contribution < 1.29 is 35.9 Å². The van der Waals surface area contributed by atoms with Gasteiger partial charge in [0.05, 0.1) is 16.5 Å². The first-order valence-corrected chi connectivity index (χ1v) is 8.44. The second kappa shape index (κ2) is 9.16. The SMILES string of the molecule is CC(=O)c1ccccc1C(F)(F)F.O=C(CBr)c1ccccc1C(F)(F)F. The van der Waals surface area contributed by atoms with Crippen molar-refractivity contribution in [1.82, 2.24) is 0 Å². The van der Waals surface area contributed by atoms with Crippen LogP contribution in [-0.2, 0) is 12.4 Å². The van der Waals surface area contributed by atoms with Crippen LogP contribution in [0.5, 0.6) is 0 Å². The summed E-state index contributed by atoms with van der Waals surface area (Å²) in [5.74, 6) is -1.15. The van der Waals surface area contributed by atoms with Crippen molar-refractivity contribution in [2.45, 2.75) is 19.3 Å². The molecule has 2 rings (SSSR count). The number of carbonyl (C=O) groups is 2. The second-order valence-electron chi connectivity index (χ2n) is 5.20. The maximum atomic E-state index is 12.4. The fraction of sp³-hybridized carbons (Fsp3) is 0.222. The molecule has 2 aromatic rings. The van der Waals surface area contributed by atoms with Gasteiger partial charge in [-0.2, -0.15) is 26.3 Å². The van der Waals surface area contributed by atoms with Gasteiger partial charge in [0, 0.05) is 11.1 Å². The fourth-order valence-corrected chi connectivity index (χ4v) is 2.38. The van der Waals surface area contributed by atoms with E-state index in [1.165, 1.54) is 36.4 Å². The quantitative estimate of drug-likeness (QED) is 0.314. The van der Waals surface area contributed by atoms with Gasteiger partial charge >= 0.3 is 12.4 Å². The van der Waals surface area contributed by atoms with Crippen molar-refractivity contribution in [3.8, 4) is 0 Å². The van der Waals surface area contributed by atoms with Gasteiger partial charge in [0.1, 0.15) is 0 Å². The van der Waals surface area contributed by atoms with Gasteiger partial charge in [0.2, 0.25) is 0 Å². The van der Waals surface area contributed by atoms with Crippen molar-refractivity contribution in [2.75, 3.05) is 5.33 Å². The summed E-state index contributed by atoms with van der Waals surface area (Å²) in [4.78, 5) is 21.9. The lowest BCUT2D eigenvalue weighted by atomic mass is 10.0. The predicted octanol–water partition coefficient (Wildman–Crippen LogP) is 6.19. The molecule has 0 aliphatic rings. The molecule has 0 aromatic heterocycles. The maximum Gasteiger partial charge on any atom is 0.417 e. The molecule has 0 atom stereocenters. The summed E-state index contributed by atoms with van der Waals surface area (Å²) >= 11 is 2.84. The third-order valence-electron chi connectivity index (χ3n) is 3.27. The second-order valence-corrected chi connectivity index (χ2v) is 5.76. The Hall–Kier alpha value is -2.16. The standard InChI is InChI=1S/C9H6BrF3O.C9H7F3O/c10-5-8(14)6-3-1-2-4-7(6)9(11,12)13;1-6(13)7-4-2-3-5-8(7)9(10,11)12/h1-4H,5H2;2-5H,1H3. The van der Waals surface area contributed by atoms with E-state index in [0.29, 0.717) is 0 Å². The highest BCUT2D eigenvalue weighted by molar-refractivity contribution is 9.09. The summed E-state index contributed by atoms with van der Waals surface area (Å²) in [6.45, 7) is 1.12. The molecule has 0 amide bonds. The van der Waals surface area contributed by atoms with E-state index in [4.69, 9.17) is 0 Å². The first-order chi connectivity index (χ1) is 12.4. The Morgan fingerprint density at radius 2 is 1.15 bits per heavy atom. The highest BCUT2D eigenvalue weighted by atomic mass is 79.9. The van der Waals surface area contributed by atoms with Gasteiger partial charge in [-0.15, -0.1) is 0 Å². The van der Waals surface area contributed by atoms with Crippen LogP contribution in [0, 0.1) is 0 Å². The van der Waals surface area contributed by atoms with E-state index in [2.05, 4.69) is 15.9 Å². The molecule has 9 heteroatoms. The molecule has 0 aliphatic heterocycles. The minimum absolute atomic E-state index is 0.111. The van der Waals surface area contributed by atoms with Gasteiger partial charge in [-0.1, -0.05) is 52.3 Å². The molecule has 2 nitrogen and oxygen atoms in total. The van der Waals surface area contributed by atoms with Gasteiger partial charge in [-0.25, -0.2) is 0 Å². The molecule has 27 heavy (non-hydrogen) atoms. The molecule has 0 N–H and O–H groups in total. The van der Waals surface area contributed by atoms with E-state index < -0.39 is 35.0 Å². The number of alkyl halides is 7. The largest absolute Gasteiger partial charge is 0.417 e. The maximum absolute atomic E-state index is 12.4. The Morgan fingerprint density at radius 3 is 1.48 bits per heavy atom. The van der Waals surface area contributed by atoms with Gasteiger partial charge in [-0.05, 0) is 19.1 Å². The van der Waals surface area contributed by atoms with Crippen LogP contribution < -0.4 is 0 Å². The normalized spacial score (nSPS) is 11.4. The summed E-state index contributed by atoms with van der Waals surface area (Å²) in [5, 5.41) is -0.111. The van der Waals surface area contributed by atoms with Gasteiger partial charge in [0.15, 0.2) is 11.6 Å². The van der Waals surface area contributed by atoms with Crippen LogP contribution in [0.1, 0.15) is 38.8 Å². The zero-order chi connectivity index (χ0) is 20.8.